The van der Waals surface area contributed by atoms with Crippen LogP contribution in [-0.2, 0) is 57.2 Å². The van der Waals surface area contributed by atoms with E-state index >= 15 is 0 Å². The fourth-order valence-electron chi connectivity index (χ4n) is 4.22. The van der Waals surface area contributed by atoms with Crippen molar-refractivity contribution in [3.8, 4) is 0 Å². The van der Waals surface area contributed by atoms with E-state index in [4.69, 9.17) is 27.9 Å². The Morgan fingerprint density at radius 3 is 2.55 bits per heavy atom. The van der Waals surface area contributed by atoms with Gasteiger partial charge in [-0.05, 0) is 6.92 Å². The predicted octanol–water partition coefficient (Wildman–Crippen LogP) is -0.848. The zero-order valence-electron chi connectivity index (χ0n) is 16.9. The molecule has 5 unspecified atom stereocenters. The SMILES string of the molecule is C=C(C)C(=O)OCC(=O)OC1C2OS(=O)(=O)C3CC1(COC(C)=O)OC23CCOC=O. The number of rotatable bonds is 10. The quantitative estimate of drug-likeness (QED) is 0.0990. The smallest absolute Gasteiger partial charge is 0.344 e. The zero-order chi connectivity index (χ0) is 23.0. The molecule has 13 heteroatoms. The van der Waals surface area contributed by atoms with Gasteiger partial charge in [0.25, 0.3) is 16.6 Å². The van der Waals surface area contributed by atoms with Crippen LogP contribution in [0.3, 0.4) is 0 Å². The maximum atomic E-state index is 12.6. The standard InChI is InChI=1S/C18H22O12S/c1-10(2)16(22)26-7-13(21)28-14-15-18(4-5-25-9-19)12(31(23,24)29-15)6-17(14,30-18)8-27-11(3)20/h9,12,14-15H,1,4-8H2,2-3H3. The lowest BCUT2D eigenvalue weighted by molar-refractivity contribution is -0.177. The van der Waals surface area contributed by atoms with Gasteiger partial charge in [-0.1, -0.05) is 6.58 Å². The number of carbonyl (C=O) groups excluding carboxylic acids is 4. The average molecular weight is 462 g/mol. The second kappa shape index (κ2) is 8.20. The molecule has 3 heterocycles. The van der Waals surface area contributed by atoms with Gasteiger partial charge in [0.1, 0.15) is 29.2 Å². The van der Waals surface area contributed by atoms with Crippen molar-refractivity contribution in [1.29, 1.82) is 0 Å². The number of hydrogen-bond donors (Lipinski definition) is 0. The Bertz CT molecular complexity index is 911. The lowest BCUT2D eigenvalue weighted by atomic mass is 9.76. The first-order valence-electron chi connectivity index (χ1n) is 9.30. The normalized spacial score (nSPS) is 34.1. The van der Waals surface area contributed by atoms with Crippen molar-refractivity contribution < 1.29 is 55.5 Å². The van der Waals surface area contributed by atoms with Crippen molar-refractivity contribution in [3.05, 3.63) is 12.2 Å². The first-order chi connectivity index (χ1) is 14.5. The number of esters is 3. The summed E-state index contributed by atoms with van der Waals surface area (Å²) in [6, 6.07) is 0. The Morgan fingerprint density at radius 1 is 1.23 bits per heavy atom. The van der Waals surface area contributed by atoms with Crippen LogP contribution in [0.2, 0.25) is 0 Å². The third kappa shape index (κ3) is 4.04. The highest BCUT2D eigenvalue weighted by molar-refractivity contribution is 7.87. The lowest BCUT2D eigenvalue weighted by Crippen LogP contribution is -2.55. The average Bonchev–Trinajstić information content (AvgIpc) is 3.19. The van der Waals surface area contributed by atoms with Crippen LogP contribution < -0.4 is 0 Å². The fraction of sp³-hybridized carbons (Fsp3) is 0.667. The Kier molecular flexibility index (Phi) is 6.13. The number of fused-ring (bicyclic) bond motifs is 1. The van der Waals surface area contributed by atoms with Gasteiger partial charge in [-0.2, -0.15) is 8.42 Å². The van der Waals surface area contributed by atoms with Crippen LogP contribution in [0.15, 0.2) is 12.2 Å². The lowest BCUT2D eigenvalue weighted by Gasteiger charge is -2.33. The van der Waals surface area contributed by atoms with Gasteiger partial charge in [0, 0.05) is 25.3 Å². The molecule has 12 nitrogen and oxygen atoms in total. The van der Waals surface area contributed by atoms with Crippen molar-refractivity contribution >= 4 is 34.5 Å². The Morgan fingerprint density at radius 2 is 1.94 bits per heavy atom. The Hall–Kier alpha value is -2.51. The molecular formula is C18H22O12S. The highest BCUT2D eigenvalue weighted by Crippen LogP contribution is 2.61. The van der Waals surface area contributed by atoms with Gasteiger partial charge < -0.3 is 23.7 Å². The van der Waals surface area contributed by atoms with Crippen LogP contribution in [0.25, 0.3) is 0 Å². The summed E-state index contributed by atoms with van der Waals surface area (Å²) in [5.41, 5.74) is -2.90. The van der Waals surface area contributed by atoms with E-state index in [1.54, 1.807) is 0 Å². The Labute approximate surface area is 177 Å². The van der Waals surface area contributed by atoms with Crippen molar-refractivity contribution in [3.63, 3.8) is 0 Å². The molecule has 3 saturated heterocycles. The topological polar surface area (TPSA) is 158 Å². The van der Waals surface area contributed by atoms with E-state index < -0.39 is 69.9 Å². The number of ether oxygens (including phenoxy) is 5. The van der Waals surface area contributed by atoms with Gasteiger partial charge in [-0.15, -0.1) is 0 Å². The zero-order valence-corrected chi connectivity index (χ0v) is 17.7. The molecule has 3 rings (SSSR count). The van der Waals surface area contributed by atoms with Gasteiger partial charge in [0.15, 0.2) is 12.7 Å². The summed E-state index contributed by atoms with van der Waals surface area (Å²) in [4.78, 5) is 45.7. The third-order valence-electron chi connectivity index (χ3n) is 5.46. The van der Waals surface area contributed by atoms with Gasteiger partial charge in [0.2, 0.25) is 0 Å². The van der Waals surface area contributed by atoms with E-state index in [0.717, 1.165) is 6.92 Å². The van der Waals surface area contributed by atoms with Crippen LogP contribution in [0.5, 0.6) is 0 Å². The molecule has 3 aliphatic rings. The highest BCUT2D eigenvalue weighted by atomic mass is 32.2. The monoisotopic (exact) mass is 462 g/mol. The van der Waals surface area contributed by atoms with Crippen LogP contribution in [0, 0.1) is 0 Å². The second-order valence-electron chi connectivity index (χ2n) is 7.59. The molecule has 0 radical (unpaired) electrons. The summed E-state index contributed by atoms with van der Waals surface area (Å²) >= 11 is 0. The van der Waals surface area contributed by atoms with E-state index in [0.29, 0.717) is 0 Å². The van der Waals surface area contributed by atoms with Crippen molar-refractivity contribution in [2.45, 2.75) is 55.3 Å². The van der Waals surface area contributed by atoms with E-state index in [9.17, 15) is 27.6 Å². The van der Waals surface area contributed by atoms with Gasteiger partial charge in [-0.25, -0.2) is 9.59 Å². The summed E-state index contributed by atoms with van der Waals surface area (Å²) < 4.78 is 56.4. The highest BCUT2D eigenvalue weighted by Gasteiger charge is 2.81. The van der Waals surface area contributed by atoms with E-state index in [2.05, 4.69) is 6.58 Å². The Balaban J connectivity index is 1.87. The first kappa shape index (κ1) is 23.2. The summed E-state index contributed by atoms with van der Waals surface area (Å²) in [5.74, 6) is -2.44. The summed E-state index contributed by atoms with van der Waals surface area (Å²) in [7, 11) is -4.11. The van der Waals surface area contributed by atoms with E-state index in [1.165, 1.54) is 6.92 Å². The number of carbonyl (C=O) groups is 4. The molecule has 0 aliphatic carbocycles. The second-order valence-corrected chi connectivity index (χ2v) is 9.34. The van der Waals surface area contributed by atoms with Crippen LogP contribution >= 0.6 is 0 Å². The summed E-state index contributed by atoms with van der Waals surface area (Å²) in [6.45, 7) is 4.83. The minimum Gasteiger partial charge on any atom is -0.468 e. The molecule has 0 saturated carbocycles. The molecule has 3 fully saturated rings. The summed E-state index contributed by atoms with van der Waals surface area (Å²) in [5, 5.41) is -1.13. The summed E-state index contributed by atoms with van der Waals surface area (Å²) in [6.07, 6.45) is -2.78. The minimum atomic E-state index is -4.11. The first-order valence-corrected chi connectivity index (χ1v) is 10.8. The molecule has 31 heavy (non-hydrogen) atoms. The molecule has 172 valence electrons. The molecule has 0 aromatic carbocycles. The van der Waals surface area contributed by atoms with Crippen molar-refractivity contribution in [2.24, 2.45) is 0 Å². The third-order valence-corrected chi connectivity index (χ3v) is 7.20. The van der Waals surface area contributed by atoms with E-state index in [-0.39, 0.29) is 31.5 Å². The molecule has 0 aromatic heterocycles. The van der Waals surface area contributed by atoms with Crippen LogP contribution in [-0.4, -0.2) is 81.3 Å². The number of hydrogen-bond acceptors (Lipinski definition) is 12. The minimum absolute atomic E-state index is 0.0547. The maximum absolute atomic E-state index is 12.6. The van der Waals surface area contributed by atoms with Crippen LogP contribution in [0.1, 0.15) is 26.7 Å². The van der Waals surface area contributed by atoms with Crippen molar-refractivity contribution in [1.82, 2.24) is 0 Å². The molecule has 0 N–H and O–H groups in total. The largest absolute Gasteiger partial charge is 0.468 e. The molecule has 5 atom stereocenters. The van der Waals surface area contributed by atoms with Gasteiger partial charge in [0.05, 0.1) is 6.61 Å². The maximum Gasteiger partial charge on any atom is 0.344 e. The predicted molar refractivity (Wildman–Crippen MR) is 97.7 cm³/mol. The van der Waals surface area contributed by atoms with Crippen molar-refractivity contribution in [2.75, 3.05) is 19.8 Å². The fourth-order valence-corrected chi connectivity index (χ4v) is 6.18. The molecule has 0 amide bonds. The van der Waals surface area contributed by atoms with Gasteiger partial charge >= 0.3 is 17.9 Å². The van der Waals surface area contributed by atoms with Gasteiger partial charge in [-0.3, -0.25) is 13.8 Å². The van der Waals surface area contributed by atoms with E-state index in [1.807, 2.05) is 0 Å². The van der Waals surface area contributed by atoms with Crippen LogP contribution in [0.4, 0.5) is 0 Å². The molecule has 0 spiro atoms. The molecule has 3 aliphatic heterocycles. The molecule has 2 bridgehead atoms. The molecule has 0 aromatic rings. The molecular weight excluding hydrogens is 440 g/mol.